The van der Waals surface area contributed by atoms with Crippen LogP contribution in [0.4, 0.5) is 0 Å². The second-order valence-corrected chi connectivity index (χ2v) is 12.6. The molecule has 5 nitrogen and oxygen atoms in total. The molecule has 0 spiro atoms. The van der Waals surface area contributed by atoms with Gasteiger partial charge >= 0.3 is 5.97 Å². The molecule has 0 aliphatic rings. The molecule has 0 amide bonds. The molecule has 0 aliphatic heterocycles. The minimum absolute atomic E-state index is 0.0567. The average molecular weight is 431 g/mol. The molecule has 1 aromatic rings. The summed E-state index contributed by atoms with van der Waals surface area (Å²) in [6, 6.07) is 1.64. The number of halogens is 1. The lowest BCUT2D eigenvalue weighted by atomic mass is 9.99. The number of hydrogen-bond donors (Lipinski definition) is 0. The first-order valence-electron chi connectivity index (χ1n) is 8.07. The van der Waals surface area contributed by atoms with Gasteiger partial charge in [-0.05, 0) is 40.0 Å². The summed E-state index contributed by atoms with van der Waals surface area (Å²) in [6.45, 7) is 12.9. The molecule has 1 aromatic carbocycles. The maximum atomic E-state index is 12.2. The van der Waals surface area contributed by atoms with Gasteiger partial charge in [-0.25, -0.2) is 4.79 Å². The third kappa shape index (κ3) is 4.08. The lowest BCUT2D eigenvalue weighted by Gasteiger charge is -2.42. The quantitative estimate of drug-likeness (QED) is 0.342. The molecule has 0 bridgehead atoms. The van der Waals surface area contributed by atoms with Gasteiger partial charge in [0.25, 0.3) is 8.32 Å². The lowest BCUT2D eigenvalue weighted by molar-refractivity contribution is 0.0596. The number of esters is 1. The third-order valence-electron chi connectivity index (χ3n) is 5.32. The number of aldehydes is 1. The molecule has 140 valence electrons. The Kier molecular flexibility index (Phi) is 6.86. The number of methoxy groups -OCH3 is 2. The monoisotopic (exact) mass is 430 g/mol. The molecule has 0 unspecified atom stereocenters. The van der Waals surface area contributed by atoms with Crippen molar-refractivity contribution in [2.24, 2.45) is 5.92 Å². The average Bonchev–Trinajstić information content (AvgIpc) is 2.54. The molecule has 0 fully saturated rings. The van der Waals surface area contributed by atoms with E-state index in [1.165, 1.54) is 14.2 Å². The van der Waals surface area contributed by atoms with Gasteiger partial charge in [-0.2, -0.15) is 0 Å². The van der Waals surface area contributed by atoms with Gasteiger partial charge < -0.3 is 13.9 Å². The summed E-state index contributed by atoms with van der Waals surface area (Å²) in [7, 11) is 0.475. The van der Waals surface area contributed by atoms with E-state index in [1.54, 1.807) is 6.07 Å². The first-order chi connectivity index (χ1) is 11.4. The van der Waals surface area contributed by atoms with Crippen molar-refractivity contribution in [2.75, 3.05) is 14.2 Å². The van der Waals surface area contributed by atoms with E-state index >= 15 is 0 Å². The number of hydrogen-bond acceptors (Lipinski definition) is 5. The van der Waals surface area contributed by atoms with E-state index in [2.05, 4.69) is 56.7 Å². The smallest absolute Gasteiger partial charge is 0.340 e. The van der Waals surface area contributed by atoms with E-state index in [1.807, 2.05) is 0 Å². The van der Waals surface area contributed by atoms with E-state index in [0.717, 1.165) is 0 Å². The first-order valence-corrected chi connectivity index (χ1v) is 11.8. The summed E-state index contributed by atoms with van der Waals surface area (Å²) in [4.78, 5) is 23.9. The Morgan fingerprint density at radius 3 is 2.20 bits per heavy atom. The van der Waals surface area contributed by atoms with Gasteiger partial charge in [0.15, 0.2) is 6.29 Å². The zero-order valence-corrected chi connectivity index (χ0v) is 18.7. The van der Waals surface area contributed by atoms with Crippen molar-refractivity contribution >= 4 is 36.5 Å². The summed E-state index contributed by atoms with van der Waals surface area (Å²) in [5.74, 6) is 0.528. The van der Waals surface area contributed by atoms with Crippen LogP contribution in [-0.2, 0) is 4.74 Å². The Bertz CT molecular complexity index is 668. The van der Waals surface area contributed by atoms with Gasteiger partial charge in [-0.1, -0.05) is 27.7 Å². The van der Waals surface area contributed by atoms with Crippen LogP contribution in [0.2, 0.25) is 18.1 Å². The van der Waals surface area contributed by atoms with Gasteiger partial charge in [0.1, 0.15) is 11.5 Å². The van der Waals surface area contributed by atoms with Crippen LogP contribution in [0.5, 0.6) is 11.5 Å². The van der Waals surface area contributed by atoms with Crippen molar-refractivity contribution < 1.29 is 23.5 Å². The Morgan fingerprint density at radius 1 is 1.24 bits per heavy atom. The number of ether oxygens (including phenoxy) is 2. The molecule has 0 radical (unpaired) electrons. The Morgan fingerprint density at radius 2 is 1.80 bits per heavy atom. The summed E-state index contributed by atoms with van der Waals surface area (Å²) >= 11 is 3.32. The fourth-order valence-electron chi connectivity index (χ4n) is 2.38. The number of carbonyl (C=O) groups excluding carboxylic acids is 2. The second kappa shape index (κ2) is 7.91. The topological polar surface area (TPSA) is 61.8 Å². The molecule has 0 atom stereocenters. The highest BCUT2D eigenvalue weighted by molar-refractivity contribution is 9.10. The van der Waals surface area contributed by atoms with Gasteiger partial charge in [-0.3, -0.25) is 4.79 Å². The Balaban J connectivity index is 3.60. The molecule has 0 aromatic heterocycles. The zero-order chi connectivity index (χ0) is 19.6. The molecular weight excluding hydrogens is 404 g/mol. The molecule has 0 saturated carbocycles. The van der Waals surface area contributed by atoms with Crippen LogP contribution in [0.25, 0.3) is 0 Å². The first kappa shape index (κ1) is 21.7. The second-order valence-electron chi connectivity index (χ2n) is 7.28. The number of carbonyl (C=O) groups is 2. The van der Waals surface area contributed by atoms with Crippen molar-refractivity contribution in [1.29, 1.82) is 0 Å². The van der Waals surface area contributed by atoms with E-state index in [0.29, 0.717) is 28.2 Å². The highest BCUT2D eigenvalue weighted by Gasteiger charge is 2.45. The number of rotatable bonds is 7. The molecule has 25 heavy (non-hydrogen) atoms. The highest BCUT2D eigenvalue weighted by atomic mass is 79.9. The van der Waals surface area contributed by atoms with E-state index in [-0.39, 0.29) is 16.2 Å². The van der Waals surface area contributed by atoms with Crippen molar-refractivity contribution in [3.05, 3.63) is 21.7 Å². The normalized spacial score (nSPS) is 12.1. The SMILES string of the molecule is COC(=O)c1c(Br)c(OC)cc(O[Si](C)(C)C(C)(C)C(C)C)c1C=O. The van der Waals surface area contributed by atoms with Crippen LogP contribution < -0.4 is 9.16 Å². The third-order valence-corrected chi connectivity index (χ3v) is 10.5. The molecule has 0 saturated heterocycles. The van der Waals surface area contributed by atoms with Gasteiger partial charge in [0, 0.05) is 6.07 Å². The van der Waals surface area contributed by atoms with Crippen molar-refractivity contribution in [3.8, 4) is 11.5 Å². The Hall–Kier alpha value is -1.34. The maximum Gasteiger partial charge on any atom is 0.340 e. The molecule has 0 aliphatic carbocycles. The predicted octanol–water partition coefficient (Wildman–Crippen LogP) is 5.08. The molecule has 0 N–H and O–H groups in total. The van der Waals surface area contributed by atoms with Crippen molar-refractivity contribution in [1.82, 2.24) is 0 Å². The van der Waals surface area contributed by atoms with Crippen molar-refractivity contribution in [3.63, 3.8) is 0 Å². The van der Waals surface area contributed by atoms with E-state index in [4.69, 9.17) is 13.9 Å². The molecule has 7 heteroatoms. The zero-order valence-electron chi connectivity index (χ0n) is 16.2. The maximum absolute atomic E-state index is 12.2. The van der Waals surface area contributed by atoms with Gasteiger partial charge in [0.2, 0.25) is 0 Å². The van der Waals surface area contributed by atoms with E-state index in [9.17, 15) is 9.59 Å². The standard InChI is InChI=1S/C18H27BrO5Si/c1-11(2)18(3,4)25(7,8)24-13-9-14(22-5)16(19)15(12(13)10-20)17(21)23-6/h9-11H,1-8H3. The van der Waals surface area contributed by atoms with Crippen LogP contribution in [-0.4, -0.2) is 34.8 Å². The van der Waals surface area contributed by atoms with Crippen molar-refractivity contribution in [2.45, 2.75) is 45.8 Å². The van der Waals surface area contributed by atoms with Gasteiger partial charge in [0.05, 0.1) is 29.8 Å². The van der Waals surface area contributed by atoms with Gasteiger partial charge in [-0.15, -0.1) is 0 Å². The molecule has 0 heterocycles. The van der Waals surface area contributed by atoms with Crippen LogP contribution in [0, 0.1) is 5.92 Å². The fourth-order valence-corrected chi connectivity index (χ4v) is 5.40. The van der Waals surface area contributed by atoms with Crippen LogP contribution in [0.3, 0.4) is 0 Å². The Labute approximate surface area is 159 Å². The van der Waals surface area contributed by atoms with Crippen LogP contribution in [0.15, 0.2) is 10.5 Å². The minimum Gasteiger partial charge on any atom is -0.543 e. The lowest BCUT2D eigenvalue weighted by Crippen LogP contribution is -2.48. The summed E-state index contributed by atoms with van der Waals surface area (Å²) < 4.78 is 16.9. The fraction of sp³-hybridized carbons (Fsp3) is 0.556. The molecule has 1 rings (SSSR count). The van der Waals surface area contributed by atoms with Crippen LogP contribution >= 0.6 is 15.9 Å². The largest absolute Gasteiger partial charge is 0.543 e. The minimum atomic E-state index is -2.29. The number of benzene rings is 1. The summed E-state index contributed by atoms with van der Waals surface area (Å²) in [5, 5.41) is -0.0567. The predicted molar refractivity (Wildman–Crippen MR) is 104 cm³/mol. The van der Waals surface area contributed by atoms with E-state index < -0.39 is 14.3 Å². The highest BCUT2D eigenvalue weighted by Crippen LogP contribution is 2.46. The van der Waals surface area contributed by atoms with Crippen LogP contribution in [0.1, 0.15) is 48.4 Å². The summed E-state index contributed by atoms with van der Waals surface area (Å²) in [6.07, 6.45) is 0.624. The summed E-state index contributed by atoms with van der Waals surface area (Å²) in [5.41, 5.74) is 0.277. The molecular formula is C18H27BrO5Si.